The van der Waals surface area contributed by atoms with Crippen LogP contribution in [-0.4, -0.2) is 27.0 Å². The Morgan fingerprint density at radius 1 is 0.950 bits per heavy atom. The van der Waals surface area contributed by atoms with E-state index in [0.717, 1.165) is 25.7 Å². The molecule has 0 aliphatic rings. The second kappa shape index (κ2) is 13.2. The Balaban J connectivity index is 3.74. The molecule has 0 unspecified atom stereocenters. The molecule has 0 aliphatic heterocycles. The average Bonchev–Trinajstić information content (AvgIpc) is 2.38. The van der Waals surface area contributed by atoms with Gasteiger partial charge in [0, 0.05) is 6.61 Å². The maximum absolute atomic E-state index is 8.41. The van der Waals surface area contributed by atoms with Crippen LogP contribution in [0.15, 0.2) is 34.9 Å². The van der Waals surface area contributed by atoms with E-state index in [2.05, 4.69) is 50.5 Å². The van der Waals surface area contributed by atoms with Crippen molar-refractivity contribution in [1.82, 2.24) is 0 Å². The van der Waals surface area contributed by atoms with Crippen molar-refractivity contribution in [3.63, 3.8) is 0 Å². The van der Waals surface area contributed by atoms with Gasteiger partial charge in [-0.3, -0.25) is 0 Å². The first kappa shape index (κ1) is 19.2. The average molecular weight is 278 g/mol. The first-order chi connectivity index (χ1) is 9.56. The molecule has 3 nitrogen and oxygen atoms in total. The van der Waals surface area contributed by atoms with Crippen LogP contribution in [0.25, 0.3) is 0 Å². The zero-order chi connectivity index (χ0) is 15.2. The van der Waals surface area contributed by atoms with Crippen LogP contribution in [0, 0.1) is 0 Å². The molecule has 0 heterocycles. The minimum Gasteiger partial charge on any atom is -0.457 e. The zero-order valence-corrected chi connectivity index (χ0v) is 13.4. The largest absolute Gasteiger partial charge is 0.457 e. The molecule has 0 saturated carbocycles. The van der Waals surface area contributed by atoms with Crippen LogP contribution in [-0.2, 0) is 9.23 Å². The summed E-state index contributed by atoms with van der Waals surface area (Å²) in [6.45, 7) is 9.13. The van der Waals surface area contributed by atoms with E-state index in [1.807, 2.05) is 0 Å². The molecular weight excluding hydrogens is 250 g/mol. The summed E-state index contributed by atoms with van der Waals surface area (Å²) in [7, 11) is -0.150. The number of hydrogen-bond acceptors (Lipinski definition) is 3. The SMILES string of the molecule is CC(C)=CCCC(C)=CCCC(C)=CCOBOBO. The summed E-state index contributed by atoms with van der Waals surface area (Å²) in [5.41, 5.74) is 4.17. The Labute approximate surface area is 125 Å². The third-order valence-corrected chi connectivity index (χ3v) is 2.93. The van der Waals surface area contributed by atoms with Gasteiger partial charge in [-0.05, 0) is 53.4 Å². The van der Waals surface area contributed by atoms with Gasteiger partial charge >= 0.3 is 15.4 Å². The highest BCUT2D eigenvalue weighted by molar-refractivity contribution is 6.33. The normalized spacial score (nSPS) is 12.2. The first-order valence-corrected chi connectivity index (χ1v) is 7.27. The van der Waals surface area contributed by atoms with Crippen LogP contribution >= 0.6 is 0 Å². The van der Waals surface area contributed by atoms with Gasteiger partial charge in [0.2, 0.25) is 0 Å². The number of allylic oxidation sites excluding steroid dienone is 5. The second-order valence-electron chi connectivity index (χ2n) is 5.28. The smallest absolute Gasteiger partial charge is 0.424 e. The quantitative estimate of drug-likeness (QED) is 0.359. The lowest BCUT2D eigenvalue weighted by molar-refractivity contribution is 0.314. The van der Waals surface area contributed by atoms with Crippen LogP contribution in [0.4, 0.5) is 0 Å². The predicted octanol–water partition coefficient (Wildman–Crippen LogP) is 2.96. The zero-order valence-electron chi connectivity index (χ0n) is 13.4. The predicted molar refractivity (Wildman–Crippen MR) is 89.0 cm³/mol. The van der Waals surface area contributed by atoms with E-state index in [0.29, 0.717) is 6.61 Å². The Bertz CT molecular complexity index is 332. The van der Waals surface area contributed by atoms with E-state index in [4.69, 9.17) is 9.68 Å². The van der Waals surface area contributed by atoms with Gasteiger partial charge in [-0.15, -0.1) is 0 Å². The summed E-state index contributed by atoms with van der Waals surface area (Å²) in [5.74, 6) is 0. The van der Waals surface area contributed by atoms with Crippen LogP contribution in [0.1, 0.15) is 53.4 Å². The molecule has 0 amide bonds. The minimum absolute atomic E-state index is 0.143. The van der Waals surface area contributed by atoms with Crippen LogP contribution in [0.3, 0.4) is 0 Å². The fourth-order valence-corrected chi connectivity index (χ4v) is 1.68. The van der Waals surface area contributed by atoms with E-state index < -0.39 is 0 Å². The lowest BCUT2D eigenvalue weighted by atomic mass is 10.1. The topological polar surface area (TPSA) is 38.7 Å². The molecule has 0 aromatic rings. The second-order valence-corrected chi connectivity index (χ2v) is 5.28. The Kier molecular flexibility index (Phi) is 12.7. The van der Waals surface area contributed by atoms with Crippen molar-refractivity contribution in [2.45, 2.75) is 53.4 Å². The summed E-state index contributed by atoms with van der Waals surface area (Å²) >= 11 is 0. The number of rotatable bonds is 11. The molecule has 0 saturated heterocycles. The van der Waals surface area contributed by atoms with Gasteiger partial charge in [0.15, 0.2) is 0 Å². The van der Waals surface area contributed by atoms with Gasteiger partial charge in [-0.25, -0.2) is 0 Å². The minimum atomic E-state index is -0.292. The number of hydrogen-bond donors (Lipinski definition) is 1. The van der Waals surface area contributed by atoms with Gasteiger partial charge in [0.05, 0.1) is 0 Å². The lowest BCUT2D eigenvalue weighted by Gasteiger charge is -2.02. The lowest BCUT2D eigenvalue weighted by Crippen LogP contribution is -2.07. The Morgan fingerprint density at radius 2 is 1.55 bits per heavy atom. The standard InChI is InChI=1S/C15H28B2O3/c1-13(2)7-5-8-14(3)9-6-10-15(4)11-12-19-17-20-16-18/h7,9,11,16-18H,5-6,8,10,12H2,1-4H3. The summed E-state index contributed by atoms with van der Waals surface area (Å²) in [6.07, 6.45) is 11.1. The third kappa shape index (κ3) is 13.7. The molecule has 0 aliphatic carbocycles. The molecule has 0 aromatic carbocycles. The van der Waals surface area contributed by atoms with Crippen molar-refractivity contribution >= 4 is 15.4 Å². The molecule has 0 rings (SSSR count). The maximum Gasteiger partial charge on any atom is 0.424 e. The van der Waals surface area contributed by atoms with E-state index in [1.165, 1.54) is 16.7 Å². The van der Waals surface area contributed by atoms with Crippen LogP contribution in [0.5, 0.6) is 0 Å². The Hall–Kier alpha value is -0.770. The molecule has 112 valence electrons. The highest BCUT2D eigenvalue weighted by Crippen LogP contribution is 2.11. The molecule has 0 fully saturated rings. The Morgan fingerprint density at radius 3 is 2.15 bits per heavy atom. The highest BCUT2D eigenvalue weighted by atomic mass is 16.6. The molecule has 20 heavy (non-hydrogen) atoms. The molecule has 0 spiro atoms. The van der Waals surface area contributed by atoms with E-state index in [1.54, 1.807) is 0 Å². The van der Waals surface area contributed by atoms with Gasteiger partial charge in [-0.1, -0.05) is 34.9 Å². The molecule has 0 radical (unpaired) electrons. The fourth-order valence-electron chi connectivity index (χ4n) is 1.68. The van der Waals surface area contributed by atoms with Crippen LogP contribution < -0.4 is 0 Å². The maximum atomic E-state index is 8.41. The van der Waals surface area contributed by atoms with Crippen molar-refractivity contribution in [2.75, 3.05) is 6.61 Å². The van der Waals surface area contributed by atoms with Gasteiger partial charge < -0.3 is 14.3 Å². The summed E-state index contributed by atoms with van der Waals surface area (Å²) in [4.78, 5) is 0. The molecule has 0 atom stereocenters. The first-order valence-electron chi connectivity index (χ1n) is 7.27. The van der Waals surface area contributed by atoms with Crippen molar-refractivity contribution in [3.8, 4) is 0 Å². The molecule has 1 N–H and O–H groups in total. The monoisotopic (exact) mass is 278 g/mol. The van der Waals surface area contributed by atoms with Crippen molar-refractivity contribution in [2.24, 2.45) is 0 Å². The van der Waals surface area contributed by atoms with Crippen molar-refractivity contribution in [1.29, 1.82) is 0 Å². The van der Waals surface area contributed by atoms with Gasteiger partial charge in [-0.2, -0.15) is 0 Å². The van der Waals surface area contributed by atoms with Gasteiger partial charge in [0.1, 0.15) is 0 Å². The van der Waals surface area contributed by atoms with E-state index in [9.17, 15) is 0 Å². The third-order valence-electron chi connectivity index (χ3n) is 2.93. The molecule has 5 heteroatoms. The van der Waals surface area contributed by atoms with Crippen LogP contribution in [0.2, 0.25) is 0 Å². The molecule has 0 aromatic heterocycles. The molecular formula is C15H28B2O3. The van der Waals surface area contributed by atoms with E-state index in [-0.39, 0.29) is 15.4 Å². The fraction of sp³-hybridized carbons (Fsp3) is 0.600. The van der Waals surface area contributed by atoms with E-state index >= 15 is 0 Å². The van der Waals surface area contributed by atoms with Crippen molar-refractivity contribution in [3.05, 3.63) is 34.9 Å². The molecule has 0 bridgehead atoms. The summed E-state index contributed by atoms with van der Waals surface area (Å²) in [6, 6.07) is 0. The van der Waals surface area contributed by atoms with Crippen molar-refractivity contribution < 1.29 is 14.3 Å². The summed E-state index contributed by atoms with van der Waals surface area (Å²) in [5, 5.41) is 8.41. The van der Waals surface area contributed by atoms with Gasteiger partial charge in [0.25, 0.3) is 0 Å². The highest BCUT2D eigenvalue weighted by Gasteiger charge is 1.93. The summed E-state index contributed by atoms with van der Waals surface area (Å²) < 4.78 is 9.84.